The molecule has 1 amide bonds. The Balaban J connectivity index is 1.67. The summed E-state index contributed by atoms with van der Waals surface area (Å²) in [6.07, 6.45) is 1.94. The normalized spacial score (nSPS) is 28.1. The maximum atomic E-state index is 12.6. The van der Waals surface area contributed by atoms with E-state index in [2.05, 4.69) is 9.88 Å². The molecular formula is C15H23N3O3S. The minimum Gasteiger partial charge on any atom is -0.373 e. The zero-order valence-electron chi connectivity index (χ0n) is 13.1. The number of thiazole rings is 1. The van der Waals surface area contributed by atoms with Crippen LogP contribution in [0.3, 0.4) is 0 Å². The van der Waals surface area contributed by atoms with Gasteiger partial charge in [-0.2, -0.15) is 0 Å². The molecule has 0 bridgehead atoms. The van der Waals surface area contributed by atoms with Crippen LogP contribution >= 0.6 is 11.3 Å². The van der Waals surface area contributed by atoms with Gasteiger partial charge in [0.15, 0.2) is 0 Å². The predicted octanol–water partition coefficient (Wildman–Crippen LogP) is 1.09. The topological polar surface area (TPSA) is 54.9 Å². The van der Waals surface area contributed by atoms with E-state index in [0.29, 0.717) is 18.8 Å². The quantitative estimate of drug-likeness (QED) is 0.811. The number of carbonyl (C=O) groups excluding carboxylic acids is 1. The summed E-state index contributed by atoms with van der Waals surface area (Å²) in [5, 5.41) is 1.81. The first-order valence-electron chi connectivity index (χ1n) is 7.74. The molecule has 0 unspecified atom stereocenters. The minimum atomic E-state index is -0.0344. The molecule has 3 heterocycles. The lowest BCUT2D eigenvalue weighted by atomic mass is 10.0. The Morgan fingerprint density at radius 2 is 2.45 bits per heavy atom. The highest BCUT2D eigenvalue weighted by Crippen LogP contribution is 2.31. The van der Waals surface area contributed by atoms with Crippen molar-refractivity contribution in [2.24, 2.45) is 0 Å². The minimum absolute atomic E-state index is 0.000426. The molecule has 6 nitrogen and oxygen atoms in total. The van der Waals surface area contributed by atoms with E-state index in [0.717, 1.165) is 26.0 Å². The summed E-state index contributed by atoms with van der Waals surface area (Å²) in [5.74, 6) is 0.000426. The molecular weight excluding hydrogens is 302 g/mol. The van der Waals surface area contributed by atoms with Crippen LogP contribution in [0.5, 0.6) is 0 Å². The van der Waals surface area contributed by atoms with Crippen LogP contribution in [-0.4, -0.2) is 79.3 Å². The summed E-state index contributed by atoms with van der Waals surface area (Å²) in [6, 6.07) is 0.118. The SMILES string of the molecule is CN(C)CCO[C@@H]1CN(C(=O)c2cscn2)[C@H]2CCCO[C@@H]12. The van der Waals surface area contributed by atoms with Crippen molar-refractivity contribution in [3.63, 3.8) is 0 Å². The number of fused-ring (bicyclic) bond motifs is 1. The second-order valence-corrected chi connectivity index (χ2v) is 6.81. The number of nitrogens with zero attached hydrogens (tertiary/aromatic N) is 3. The number of likely N-dealkylation sites (N-methyl/N-ethyl adjacent to an activating group) is 1. The zero-order valence-corrected chi connectivity index (χ0v) is 13.9. The third kappa shape index (κ3) is 3.32. The lowest BCUT2D eigenvalue weighted by Gasteiger charge is -2.31. The van der Waals surface area contributed by atoms with Crippen LogP contribution in [0.1, 0.15) is 23.3 Å². The number of carbonyl (C=O) groups is 1. The molecule has 2 saturated heterocycles. The summed E-state index contributed by atoms with van der Waals surface area (Å²) < 4.78 is 11.9. The number of hydrogen-bond donors (Lipinski definition) is 0. The van der Waals surface area contributed by atoms with Gasteiger partial charge in [-0.3, -0.25) is 4.79 Å². The van der Waals surface area contributed by atoms with Gasteiger partial charge in [-0.1, -0.05) is 0 Å². The molecule has 0 saturated carbocycles. The van der Waals surface area contributed by atoms with Crippen molar-refractivity contribution in [3.05, 3.63) is 16.6 Å². The first-order chi connectivity index (χ1) is 10.7. The molecule has 0 aliphatic carbocycles. The molecule has 2 aliphatic heterocycles. The van der Waals surface area contributed by atoms with Crippen LogP contribution in [0.4, 0.5) is 0 Å². The van der Waals surface area contributed by atoms with Gasteiger partial charge in [0.2, 0.25) is 0 Å². The molecule has 0 spiro atoms. The van der Waals surface area contributed by atoms with Crippen molar-refractivity contribution in [1.82, 2.24) is 14.8 Å². The zero-order chi connectivity index (χ0) is 15.5. The largest absolute Gasteiger partial charge is 0.373 e. The third-order valence-corrected chi connectivity index (χ3v) is 4.85. The van der Waals surface area contributed by atoms with Gasteiger partial charge in [-0.05, 0) is 26.9 Å². The highest BCUT2D eigenvalue weighted by molar-refractivity contribution is 7.07. The molecule has 3 atom stereocenters. The van der Waals surface area contributed by atoms with Crippen molar-refractivity contribution in [1.29, 1.82) is 0 Å². The van der Waals surface area contributed by atoms with E-state index in [1.54, 1.807) is 10.9 Å². The van der Waals surface area contributed by atoms with Gasteiger partial charge in [0.1, 0.15) is 17.9 Å². The number of hydrogen-bond acceptors (Lipinski definition) is 6. The Labute approximate surface area is 135 Å². The number of aromatic nitrogens is 1. The van der Waals surface area contributed by atoms with Crippen molar-refractivity contribution in [3.8, 4) is 0 Å². The molecule has 1 aromatic rings. The monoisotopic (exact) mass is 325 g/mol. The van der Waals surface area contributed by atoms with Crippen LogP contribution in [0.25, 0.3) is 0 Å². The molecule has 122 valence electrons. The summed E-state index contributed by atoms with van der Waals surface area (Å²) in [4.78, 5) is 20.8. The van der Waals surface area contributed by atoms with E-state index >= 15 is 0 Å². The van der Waals surface area contributed by atoms with Gasteiger partial charge in [-0.25, -0.2) is 4.98 Å². The highest BCUT2D eigenvalue weighted by atomic mass is 32.1. The molecule has 0 radical (unpaired) electrons. The maximum Gasteiger partial charge on any atom is 0.273 e. The summed E-state index contributed by atoms with van der Waals surface area (Å²) in [6.45, 7) is 2.88. The van der Waals surface area contributed by atoms with Crippen molar-refractivity contribution in [2.75, 3.05) is 40.4 Å². The average molecular weight is 325 g/mol. The lowest BCUT2D eigenvalue weighted by Crippen LogP contribution is -2.44. The van der Waals surface area contributed by atoms with Crippen LogP contribution < -0.4 is 0 Å². The fraction of sp³-hybridized carbons (Fsp3) is 0.733. The molecule has 22 heavy (non-hydrogen) atoms. The second-order valence-electron chi connectivity index (χ2n) is 6.09. The molecule has 0 aromatic carbocycles. The standard InChI is InChI=1S/C15H23N3O3S/c1-17(2)5-7-20-13-8-18(12-4-3-6-21-14(12)13)15(19)11-9-22-10-16-11/h9-10,12-14H,3-8H2,1-2H3/t12-,13+,14+/m0/s1. The van der Waals surface area contributed by atoms with E-state index in [-0.39, 0.29) is 24.2 Å². The predicted molar refractivity (Wildman–Crippen MR) is 84.2 cm³/mol. The third-order valence-electron chi connectivity index (χ3n) is 4.26. The Kier molecular flexibility index (Phi) is 5.07. The molecule has 2 fully saturated rings. The maximum absolute atomic E-state index is 12.6. The van der Waals surface area contributed by atoms with E-state index in [9.17, 15) is 4.79 Å². The fourth-order valence-electron chi connectivity index (χ4n) is 3.14. The van der Waals surface area contributed by atoms with Crippen molar-refractivity contribution >= 4 is 17.2 Å². The number of amides is 1. The van der Waals surface area contributed by atoms with Gasteiger partial charge in [0.05, 0.1) is 24.7 Å². The smallest absolute Gasteiger partial charge is 0.273 e. The van der Waals surface area contributed by atoms with Crippen molar-refractivity contribution in [2.45, 2.75) is 31.1 Å². The van der Waals surface area contributed by atoms with Crippen LogP contribution in [0.15, 0.2) is 10.9 Å². The van der Waals surface area contributed by atoms with Gasteiger partial charge in [0.25, 0.3) is 5.91 Å². The van der Waals surface area contributed by atoms with Crippen LogP contribution in [0, 0.1) is 0 Å². The Morgan fingerprint density at radius 3 is 3.18 bits per heavy atom. The first kappa shape index (κ1) is 15.9. The first-order valence-corrected chi connectivity index (χ1v) is 8.68. The Morgan fingerprint density at radius 1 is 1.59 bits per heavy atom. The number of likely N-dealkylation sites (tertiary alicyclic amines) is 1. The summed E-state index contributed by atoms with van der Waals surface area (Å²) >= 11 is 1.45. The van der Waals surface area contributed by atoms with Gasteiger partial charge in [0, 0.05) is 18.5 Å². The Hall–Kier alpha value is -1.02. The van der Waals surface area contributed by atoms with E-state index in [1.165, 1.54) is 11.3 Å². The van der Waals surface area contributed by atoms with Crippen molar-refractivity contribution < 1.29 is 14.3 Å². The van der Waals surface area contributed by atoms with Gasteiger partial charge in [-0.15, -0.1) is 11.3 Å². The fourth-order valence-corrected chi connectivity index (χ4v) is 3.67. The molecule has 7 heteroatoms. The van der Waals surface area contributed by atoms with E-state index < -0.39 is 0 Å². The van der Waals surface area contributed by atoms with E-state index in [4.69, 9.17) is 9.47 Å². The van der Waals surface area contributed by atoms with Crippen LogP contribution in [0.2, 0.25) is 0 Å². The average Bonchev–Trinajstić information content (AvgIpc) is 3.14. The van der Waals surface area contributed by atoms with E-state index in [1.807, 2.05) is 19.0 Å². The lowest BCUT2D eigenvalue weighted by molar-refractivity contribution is -0.0776. The summed E-state index contributed by atoms with van der Waals surface area (Å²) in [5.41, 5.74) is 2.23. The number of rotatable bonds is 5. The molecule has 2 aliphatic rings. The summed E-state index contributed by atoms with van der Waals surface area (Å²) in [7, 11) is 4.05. The van der Waals surface area contributed by atoms with Crippen LogP contribution in [-0.2, 0) is 9.47 Å². The van der Waals surface area contributed by atoms with Gasteiger partial charge >= 0.3 is 0 Å². The van der Waals surface area contributed by atoms with Gasteiger partial charge < -0.3 is 19.3 Å². The highest BCUT2D eigenvalue weighted by Gasteiger charge is 2.47. The molecule has 0 N–H and O–H groups in total. The molecule has 1 aromatic heterocycles. The molecule has 3 rings (SSSR count). The second kappa shape index (κ2) is 7.04. The number of ether oxygens (including phenoxy) is 2. The Bertz CT molecular complexity index is 494.